The van der Waals surface area contributed by atoms with E-state index >= 15 is 0 Å². The van der Waals surface area contributed by atoms with Gasteiger partial charge in [0.15, 0.2) is 0 Å². The van der Waals surface area contributed by atoms with Gasteiger partial charge in [0, 0.05) is 25.2 Å². The first-order chi connectivity index (χ1) is 8.35. The SMILES string of the molecule is CNC1CCC(N(CC2CC2)CC2CC2)CC1. The molecule has 1 N–H and O–H groups in total. The van der Waals surface area contributed by atoms with E-state index in [0.717, 1.165) is 23.9 Å². The third-order valence-corrected chi connectivity index (χ3v) is 5.00. The minimum absolute atomic E-state index is 0.801. The molecule has 0 aromatic carbocycles. The minimum atomic E-state index is 0.801. The standard InChI is InChI=1S/C15H28N2/c1-16-14-6-8-15(9-7-14)17(10-12-2-3-12)11-13-4-5-13/h12-16H,2-11H2,1H3. The molecule has 0 radical (unpaired) electrons. The van der Waals surface area contributed by atoms with Gasteiger partial charge in [-0.2, -0.15) is 0 Å². The molecule has 98 valence electrons. The van der Waals surface area contributed by atoms with Crippen molar-refractivity contribution in [1.29, 1.82) is 0 Å². The minimum Gasteiger partial charge on any atom is -0.317 e. The Morgan fingerprint density at radius 2 is 1.35 bits per heavy atom. The van der Waals surface area contributed by atoms with Gasteiger partial charge in [-0.15, -0.1) is 0 Å². The average molecular weight is 236 g/mol. The first kappa shape index (κ1) is 12.0. The summed E-state index contributed by atoms with van der Waals surface area (Å²) in [7, 11) is 2.12. The van der Waals surface area contributed by atoms with Crippen LogP contribution in [0.2, 0.25) is 0 Å². The Kier molecular flexibility index (Phi) is 3.72. The molecule has 2 nitrogen and oxygen atoms in total. The van der Waals surface area contributed by atoms with Crippen LogP contribution in [0.4, 0.5) is 0 Å². The largest absolute Gasteiger partial charge is 0.317 e. The summed E-state index contributed by atoms with van der Waals surface area (Å²) in [6, 6.07) is 1.72. The molecule has 0 saturated heterocycles. The molecule has 0 aromatic heterocycles. The number of hydrogen-bond acceptors (Lipinski definition) is 2. The van der Waals surface area contributed by atoms with Crippen molar-refractivity contribution in [1.82, 2.24) is 10.2 Å². The van der Waals surface area contributed by atoms with Gasteiger partial charge in [0.2, 0.25) is 0 Å². The van der Waals surface area contributed by atoms with E-state index in [9.17, 15) is 0 Å². The molecule has 3 saturated carbocycles. The molecule has 3 fully saturated rings. The van der Waals surface area contributed by atoms with E-state index in [2.05, 4.69) is 17.3 Å². The molecule has 0 aromatic rings. The predicted octanol–water partition coefficient (Wildman–Crippen LogP) is 2.64. The van der Waals surface area contributed by atoms with Crippen molar-refractivity contribution in [2.24, 2.45) is 11.8 Å². The molecule has 0 spiro atoms. The lowest BCUT2D eigenvalue weighted by Crippen LogP contribution is -2.43. The molecule has 3 rings (SSSR count). The second-order valence-corrected chi connectivity index (χ2v) is 6.63. The van der Waals surface area contributed by atoms with Crippen molar-refractivity contribution in [2.75, 3.05) is 20.1 Å². The van der Waals surface area contributed by atoms with Crippen LogP contribution in [0.25, 0.3) is 0 Å². The molecule has 0 unspecified atom stereocenters. The molecular formula is C15H28N2. The van der Waals surface area contributed by atoms with E-state index in [1.54, 1.807) is 0 Å². The van der Waals surface area contributed by atoms with Crippen LogP contribution in [0.3, 0.4) is 0 Å². The van der Waals surface area contributed by atoms with E-state index in [4.69, 9.17) is 0 Å². The summed E-state index contributed by atoms with van der Waals surface area (Å²) in [5, 5.41) is 3.45. The highest BCUT2D eigenvalue weighted by Gasteiger charge is 2.33. The predicted molar refractivity (Wildman–Crippen MR) is 72.1 cm³/mol. The zero-order valence-electron chi connectivity index (χ0n) is 11.3. The lowest BCUT2D eigenvalue weighted by Gasteiger charge is -2.37. The Bertz CT molecular complexity index is 223. The van der Waals surface area contributed by atoms with E-state index in [1.165, 1.54) is 64.5 Å². The summed E-state index contributed by atoms with van der Waals surface area (Å²) in [5.41, 5.74) is 0. The van der Waals surface area contributed by atoms with Crippen LogP contribution in [0, 0.1) is 11.8 Å². The maximum absolute atomic E-state index is 3.45. The number of hydrogen-bond donors (Lipinski definition) is 1. The summed E-state index contributed by atoms with van der Waals surface area (Å²) >= 11 is 0. The van der Waals surface area contributed by atoms with Crippen molar-refractivity contribution < 1.29 is 0 Å². The van der Waals surface area contributed by atoms with Crippen LogP contribution >= 0.6 is 0 Å². The maximum Gasteiger partial charge on any atom is 0.00966 e. The highest BCUT2D eigenvalue weighted by Crippen LogP contribution is 2.36. The second kappa shape index (κ2) is 5.27. The van der Waals surface area contributed by atoms with Crippen LogP contribution in [-0.2, 0) is 0 Å². The summed E-state index contributed by atoms with van der Waals surface area (Å²) in [5.74, 6) is 2.13. The summed E-state index contributed by atoms with van der Waals surface area (Å²) in [6.45, 7) is 2.84. The van der Waals surface area contributed by atoms with Gasteiger partial charge in [-0.05, 0) is 70.3 Å². The van der Waals surface area contributed by atoms with Crippen molar-refractivity contribution in [2.45, 2.75) is 63.5 Å². The Labute approximate surface area is 106 Å². The van der Waals surface area contributed by atoms with Crippen LogP contribution in [0.15, 0.2) is 0 Å². The zero-order valence-corrected chi connectivity index (χ0v) is 11.3. The van der Waals surface area contributed by atoms with Gasteiger partial charge >= 0.3 is 0 Å². The third kappa shape index (κ3) is 3.45. The maximum atomic E-state index is 3.45. The molecule has 3 aliphatic carbocycles. The first-order valence-electron chi connectivity index (χ1n) is 7.76. The number of nitrogens with one attached hydrogen (secondary N) is 1. The Morgan fingerprint density at radius 1 is 0.824 bits per heavy atom. The van der Waals surface area contributed by atoms with E-state index in [0.29, 0.717) is 0 Å². The molecule has 3 aliphatic rings. The van der Waals surface area contributed by atoms with Crippen LogP contribution in [0.5, 0.6) is 0 Å². The summed E-state index contributed by atoms with van der Waals surface area (Å²) in [6.07, 6.45) is 11.7. The van der Waals surface area contributed by atoms with Gasteiger partial charge in [-0.25, -0.2) is 0 Å². The van der Waals surface area contributed by atoms with Gasteiger partial charge in [0.25, 0.3) is 0 Å². The molecular weight excluding hydrogens is 208 g/mol. The van der Waals surface area contributed by atoms with Crippen molar-refractivity contribution >= 4 is 0 Å². The molecule has 0 heterocycles. The lowest BCUT2D eigenvalue weighted by atomic mass is 9.90. The molecule has 0 amide bonds. The van der Waals surface area contributed by atoms with Crippen LogP contribution < -0.4 is 5.32 Å². The Hall–Kier alpha value is -0.0800. The fourth-order valence-corrected chi connectivity index (χ4v) is 3.37. The lowest BCUT2D eigenvalue weighted by molar-refractivity contribution is 0.133. The molecule has 0 atom stereocenters. The van der Waals surface area contributed by atoms with Crippen molar-refractivity contribution in [3.8, 4) is 0 Å². The zero-order chi connectivity index (χ0) is 11.7. The van der Waals surface area contributed by atoms with Gasteiger partial charge in [0.1, 0.15) is 0 Å². The van der Waals surface area contributed by atoms with Crippen LogP contribution in [-0.4, -0.2) is 37.1 Å². The Balaban J connectivity index is 1.50. The fraction of sp³-hybridized carbons (Fsp3) is 1.00. The van der Waals surface area contributed by atoms with E-state index in [-0.39, 0.29) is 0 Å². The quantitative estimate of drug-likeness (QED) is 0.763. The van der Waals surface area contributed by atoms with Gasteiger partial charge in [0.05, 0.1) is 0 Å². The molecule has 17 heavy (non-hydrogen) atoms. The normalized spacial score (nSPS) is 34.2. The van der Waals surface area contributed by atoms with Gasteiger partial charge < -0.3 is 5.32 Å². The highest BCUT2D eigenvalue weighted by molar-refractivity contribution is 4.88. The number of rotatable bonds is 6. The third-order valence-electron chi connectivity index (χ3n) is 5.00. The monoisotopic (exact) mass is 236 g/mol. The van der Waals surface area contributed by atoms with E-state index < -0.39 is 0 Å². The Morgan fingerprint density at radius 3 is 1.76 bits per heavy atom. The van der Waals surface area contributed by atoms with E-state index in [1.807, 2.05) is 0 Å². The fourth-order valence-electron chi connectivity index (χ4n) is 3.37. The average Bonchev–Trinajstić information content (AvgIpc) is 3.23. The smallest absolute Gasteiger partial charge is 0.00966 e. The van der Waals surface area contributed by atoms with Gasteiger partial charge in [-0.1, -0.05) is 0 Å². The van der Waals surface area contributed by atoms with Crippen molar-refractivity contribution in [3.05, 3.63) is 0 Å². The molecule has 0 aliphatic heterocycles. The highest BCUT2D eigenvalue weighted by atomic mass is 15.2. The molecule has 0 bridgehead atoms. The van der Waals surface area contributed by atoms with Crippen LogP contribution in [0.1, 0.15) is 51.4 Å². The number of nitrogens with zero attached hydrogens (tertiary/aromatic N) is 1. The van der Waals surface area contributed by atoms with Crippen molar-refractivity contribution in [3.63, 3.8) is 0 Å². The first-order valence-corrected chi connectivity index (χ1v) is 7.76. The molecule has 2 heteroatoms. The van der Waals surface area contributed by atoms with Gasteiger partial charge in [-0.3, -0.25) is 4.90 Å². The summed E-state index contributed by atoms with van der Waals surface area (Å²) < 4.78 is 0. The second-order valence-electron chi connectivity index (χ2n) is 6.63. The topological polar surface area (TPSA) is 15.3 Å². The summed E-state index contributed by atoms with van der Waals surface area (Å²) in [4.78, 5) is 2.88.